The summed E-state index contributed by atoms with van der Waals surface area (Å²) in [5.74, 6) is -0.916. The van der Waals surface area contributed by atoms with E-state index in [9.17, 15) is 22.4 Å². The van der Waals surface area contributed by atoms with Crippen LogP contribution in [0.1, 0.15) is 13.3 Å². The predicted molar refractivity (Wildman–Crippen MR) is 83.2 cm³/mol. The quantitative estimate of drug-likeness (QED) is 0.746. The molecule has 0 unspecified atom stereocenters. The van der Waals surface area contributed by atoms with Gasteiger partial charge in [0.25, 0.3) is 0 Å². The Balaban J connectivity index is 1.81. The minimum Gasteiger partial charge on any atom is -0.334 e. The number of carbonyl (C=O) groups is 2. The fraction of sp³-hybridized carbons (Fsp3) is 0.429. The summed E-state index contributed by atoms with van der Waals surface area (Å²) in [6.07, 6.45) is 0.367. The van der Waals surface area contributed by atoms with Crippen molar-refractivity contribution in [1.82, 2.24) is 10.6 Å². The average molecular weight is 343 g/mol. The van der Waals surface area contributed by atoms with Gasteiger partial charge in [-0.15, -0.1) is 0 Å². The number of hydrogen-bond donors (Lipinski definition) is 3. The van der Waals surface area contributed by atoms with Crippen molar-refractivity contribution in [3.63, 3.8) is 0 Å². The van der Waals surface area contributed by atoms with Gasteiger partial charge in [0.1, 0.15) is 11.9 Å². The van der Waals surface area contributed by atoms with Crippen molar-refractivity contribution in [2.75, 3.05) is 16.8 Å². The van der Waals surface area contributed by atoms with E-state index in [1.54, 1.807) is 0 Å². The van der Waals surface area contributed by atoms with E-state index in [0.717, 1.165) is 0 Å². The monoisotopic (exact) mass is 343 g/mol. The summed E-state index contributed by atoms with van der Waals surface area (Å²) in [7, 11) is -3.08. The first-order valence-electron chi connectivity index (χ1n) is 7.09. The second kappa shape index (κ2) is 6.95. The average Bonchev–Trinajstić information content (AvgIpc) is 2.80. The van der Waals surface area contributed by atoms with Gasteiger partial charge in [-0.2, -0.15) is 0 Å². The molecule has 126 valence electrons. The van der Waals surface area contributed by atoms with E-state index in [1.165, 1.54) is 31.2 Å². The summed E-state index contributed by atoms with van der Waals surface area (Å²) >= 11 is 0. The van der Waals surface area contributed by atoms with Crippen LogP contribution in [-0.4, -0.2) is 43.9 Å². The standard InChI is InChI=1S/C14H18FN3O4S/c1-9(13(19)17-11-4-2-10(15)3-5-11)16-14(20)18-12-6-7-23(21,22)8-12/h2-5,9,12H,6-8H2,1H3,(H,17,19)(H2,16,18,20)/t9-,12+/m0/s1. The van der Waals surface area contributed by atoms with E-state index in [0.29, 0.717) is 12.1 Å². The number of halogens is 1. The van der Waals surface area contributed by atoms with Gasteiger partial charge in [0.2, 0.25) is 5.91 Å². The van der Waals surface area contributed by atoms with E-state index < -0.39 is 39.7 Å². The Hall–Kier alpha value is -2.16. The molecule has 3 N–H and O–H groups in total. The third-order valence-corrected chi connectivity index (χ3v) is 5.19. The molecular formula is C14H18FN3O4S. The molecule has 3 amide bonds. The van der Waals surface area contributed by atoms with Crippen LogP contribution in [0.3, 0.4) is 0 Å². The van der Waals surface area contributed by atoms with Gasteiger partial charge in [0, 0.05) is 11.7 Å². The molecule has 1 fully saturated rings. The van der Waals surface area contributed by atoms with E-state index in [-0.39, 0.29) is 11.5 Å². The van der Waals surface area contributed by atoms with Crippen LogP contribution in [0, 0.1) is 5.82 Å². The Morgan fingerprint density at radius 1 is 1.26 bits per heavy atom. The number of urea groups is 1. The van der Waals surface area contributed by atoms with E-state index >= 15 is 0 Å². The molecule has 0 radical (unpaired) electrons. The van der Waals surface area contributed by atoms with Gasteiger partial charge < -0.3 is 16.0 Å². The molecule has 23 heavy (non-hydrogen) atoms. The second-order valence-corrected chi connectivity index (χ2v) is 7.66. The molecule has 0 spiro atoms. The fourth-order valence-electron chi connectivity index (χ4n) is 2.18. The molecule has 0 bridgehead atoms. The lowest BCUT2D eigenvalue weighted by Gasteiger charge is -2.17. The summed E-state index contributed by atoms with van der Waals surface area (Å²) in [5, 5.41) is 7.50. The largest absolute Gasteiger partial charge is 0.334 e. The number of nitrogens with one attached hydrogen (secondary N) is 3. The van der Waals surface area contributed by atoms with Crippen LogP contribution >= 0.6 is 0 Å². The Morgan fingerprint density at radius 2 is 1.91 bits per heavy atom. The molecule has 9 heteroatoms. The molecule has 1 aromatic carbocycles. The summed E-state index contributed by atoms with van der Waals surface area (Å²) in [6, 6.07) is 3.36. The topological polar surface area (TPSA) is 104 Å². The Kier molecular flexibility index (Phi) is 5.19. The summed E-state index contributed by atoms with van der Waals surface area (Å²) in [5.41, 5.74) is 0.410. The number of benzene rings is 1. The van der Waals surface area contributed by atoms with Crippen molar-refractivity contribution in [3.05, 3.63) is 30.1 Å². The first-order valence-corrected chi connectivity index (χ1v) is 8.91. The molecule has 1 saturated heterocycles. The van der Waals surface area contributed by atoms with Gasteiger partial charge in [-0.05, 0) is 37.6 Å². The van der Waals surface area contributed by atoms with Crippen molar-refractivity contribution in [2.24, 2.45) is 0 Å². The highest BCUT2D eigenvalue weighted by atomic mass is 32.2. The van der Waals surface area contributed by atoms with Crippen LogP contribution in [0.25, 0.3) is 0 Å². The fourth-order valence-corrected chi connectivity index (χ4v) is 3.86. The van der Waals surface area contributed by atoms with E-state index in [1.807, 2.05) is 0 Å². The highest BCUT2D eigenvalue weighted by molar-refractivity contribution is 7.91. The minimum atomic E-state index is -3.08. The molecule has 1 aliphatic heterocycles. The molecule has 2 rings (SSSR count). The molecule has 2 atom stereocenters. The normalized spacial score (nSPS) is 20.5. The SMILES string of the molecule is C[C@H](NC(=O)N[C@@H]1CCS(=O)(=O)C1)C(=O)Nc1ccc(F)cc1. The maximum atomic E-state index is 12.8. The minimum absolute atomic E-state index is 0.0541. The second-order valence-electron chi connectivity index (χ2n) is 5.44. The van der Waals surface area contributed by atoms with Crippen molar-refractivity contribution < 1.29 is 22.4 Å². The molecule has 0 aromatic heterocycles. The van der Waals surface area contributed by atoms with E-state index in [2.05, 4.69) is 16.0 Å². The van der Waals surface area contributed by atoms with Crippen molar-refractivity contribution in [1.29, 1.82) is 0 Å². The Bertz CT molecular complexity index is 690. The molecule has 7 nitrogen and oxygen atoms in total. The van der Waals surface area contributed by atoms with Gasteiger partial charge in [0.05, 0.1) is 11.5 Å². The molecule has 1 heterocycles. The van der Waals surface area contributed by atoms with Crippen LogP contribution < -0.4 is 16.0 Å². The molecule has 0 saturated carbocycles. The van der Waals surface area contributed by atoms with Crippen LogP contribution in [0.2, 0.25) is 0 Å². The Labute approximate surface area is 133 Å². The lowest BCUT2D eigenvalue weighted by atomic mass is 10.2. The lowest BCUT2D eigenvalue weighted by molar-refractivity contribution is -0.117. The maximum Gasteiger partial charge on any atom is 0.315 e. The number of anilines is 1. The van der Waals surface area contributed by atoms with Crippen molar-refractivity contribution in [2.45, 2.75) is 25.4 Å². The van der Waals surface area contributed by atoms with Crippen LogP contribution in [0.5, 0.6) is 0 Å². The van der Waals surface area contributed by atoms with Crippen molar-refractivity contribution >= 4 is 27.5 Å². The van der Waals surface area contributed by atoms with Crippen LogP contribution in [0.4, 0.5) is 14.9 Å². The lowest BCUT2D eigenvalue weighted by Crippen LogP contribution is -2.49. The number of hydrogen-bond acceptors (Lipinski definition) is 4. The van der Waals surface area contributed by atoms with Crippen LogP contribution in [0.15, 0.2) is 24.3 Å². The zero-order valence-corrected chi connectivity index (χ0v) is 13.3. The summed E-state index contributed by atoms with van der Waals surface area (Å²) in [4.78, 5) is 23.7. The highest BCUT2D eigenvalue weighted by Crippen LogP contribution is 2.11. The third-order valence-electron chi connectivity index (χ3n) is 3.42. The zero-order chi connectivity index (χ0) is 17.0. The number of amides is 3. The number of sulfone groups is 1. The Morgan fingerprint density at radius 3 is 2.48 bits per heavy atom. The summed E-state index contributed by atoms with van der Waals surface area (Å²) in [6.45, 7) is 1.49. The van der Waals surface area contributed by atoms with Gasteiger partial charge in [-0.1, -0.05) is 0 Å². The first-order chi connectivity index (χ1) is 10.7. The zero-order valence-electron chi connectivity index (χ0n) is 12.5. The third kappa shape index (κ3) is 5.20. The molecule has 1 aliphatic rings. The van der Waals surface area contributed by atoms with Gasteiger partial charge >= 0.3 is 6.03 Å². The predicted octanol–water partition coefficient (Wildman–Crippen LogP) is 0.639. The number of rotatable bonds is 4. The summed E-state index contributed by atoms with van der Waals surface area (Å²) < 4.78 is 35.4. The molecule has 1 aromatic rings. The molecule has 0 aliphatic carbocycles. The van der Waals surface area contributed by atoms with Gasteiger partial charge in [0.15, 0.2) is 9.84 Å². The maximum absolute atomic E-state index is 12.8. The van der Waals surface area contributed by atoms with Crippen LogP contribution in [-0.2, 0) is 14.6 Å². The van der Waals surface area contributed by atoms with Gasteiger partial charge in [-0.25, -0.2) is 17.6 Å². The highest BCUT2D eigenvalue weighted by Gasteiger charge is 2.29. The smallest absolute Gasteiger partial charge is 0.315 e. The van der Waals surface area contributed by atoms with Gasteiger partial charge in [-0.3, -0.25) is 4.79 Å². The van der Waals surface area contributed by atoms with Crippen molar-refractivity contribution in [3.8, 4) is 0 Å². The number of carbonyl (C=O) groups excluding carboxylic acids is 2. The molecular weight excluding hydrogens is 325 g/mol. The van der Waals surface area contributed by atoms with E-state index in [4.69, 9.17) is 0 Å². The first kappa shape index (κ1) is 17.2.